The van der Waals surface area contributed by atoms with Crippen molar-refractivity contribution in [3.8, 4) is 45.8 Å². The Morgan fingerprint density at radius 3 is 2.12 bits per heavy atom. The van der Waals surface area contributed by atoms with Gasteiger partial charge in [-0.1, -0.05) is 0 Å². The largest absolute Gasteiger partial charge is 0.508 e. The summed E-state index contributed by atoms with van der Waals surface area (Å²) >= 11 is 0. The monoisotopic (exact) mass is 478 g/mol. The summed E-state index contributed by atoms with van der Waals surface area (Å²) in [6.45, 7) is 1.41. The number of hydrogen-bond acceptors (Lipinski definition) is 12. The number of fused-ring (bicyclic) bond motifs is 1. The normalized spacial score (nSPS) is 24.8. The van der Waals surface area contributed by atoms with E-state index < -0.39 is 64.9 Å². The van der Waals surface area contributed by atoms with Crippen molar-refractivity contribution in [3.05, 3.63) is 34.5 Å². The second-order valence-corrected chi connectivity index (χ2v) is 7.77. The Morgan fingerprint density at radius 2 is 1.50 bits per heavy atom. The van der Waals surface area contributed by atoms with Crippen molar-refractivity contribution in [2.75, 3.05) is 7.11 Å². The van der Waals surface area contributed by atoms with Crippen LogP contribution in [0.2, 0.25) is 0 Å². The topological polar surface area (TPSA) is 200 Å². The van der Waals surface area contributed by atoms with Crippen LogP contribution in [0.25, 0.3) is 22.3 Å². The molecule has 7 N–H and O–H groups in total. The molecule has 34 heavy (non-hydrogen) atoms. The molecule has 2 aromatic carbocycles. The molecule has 1 fully saturated rings. The molecule has 1 aliphatic rings. The van der Waals surface area contributed by atoms with Gasteiger partial charge in [-0.05, 0) is 19.1 Å². The molecule has 0 unspecified atom stereocenters. The molecule has 182 valence electrons. The van der Waals surface area contributed by atoms with E-state index in [0.29, 0.717) is 0 Å². The molecule has 12 nitrogen and oxygen atoms in total. The van der Waals surface area contributed by atoms with Gasteiger partial charge in [0.2, 0.25) is 23.2 Å². The third-order valence-corrected chi connectivity index (χ3v) is 5.48. The number of rotatable bonds is 4. The number of benzene rings is 2. The number of phenols is 4. The molecule has 1 aliphatic heterocycles. The number of aliphatic hydroxyl groups is 3. The quantitative estimate of drug-likeness (QED) is 0.274. The smallest absolute Gasteiger partial charge is 0.239 e. The van der Waals surface area contributed by atoms with Gasteiger partial charge in [-0.15, -0.1) is 0 Å². The van der Waals surface area contributed by atoms with Crippen LogP contribution in [0.15, 0.2) is 33.5 Å². The maximum Gasteiger partial charge on any atom is 0.239 e. The highest BCUT2D eigenvalue weighted by molar-refractivity contribution is 5.88. The first-order chi connectivity index (χ1) is 16.0. The SMILES string of the molecule is COc1c(O)cc(-c2oc3cc(O)cc(O)c3c(=O)c2O[C@@H]2O[C@H](C)[C@H](O)[C@H](O)[C@@H]2O)cc1O. The maximum absolute atomic E-state index is 13.3. The van der Waals surface area contributed by atoms with Crippen LogP contribution >= 0.6 is 0 Å². The highest BCUT2D eigenvalue weighted by Crippen LogP contribution is 2.43. The summed E-state index contributed by atoms with van der Waals surface area (Å²) in [5, 5.41) is 70.4. The number of aliphatic hydroxyl groups excluding tert-OH is 3. The molecule has 4 rings (SSSR count). The van der Waals surface area contributed by atoms with Crippen molar-refractivity contribution < 1.29 is 54.4 Å². The van der Waals surface area contributed by atoms with Crippen LogP contribution in [0.4, 0.5) is 0 Å². The summed E-state index contributed by atoms with van der Waals surface area (Å²) in [6, 6.07) is 4.15. The first-order valence-electron chi connectivity index (χ1n) is 10.0. The average Bonchev–Trinajstić information content (AvgIpc) is 2.76. The van der Waals surface area contributed by atoms with Gasteiger partial charge >= 0.3 is 0 Å². The van der Waals surface area contributed by atoms with Crippen LogP contribution in [-0.2, 0) is 4.74 Å². The van der Waals surface area contributed by atoms with E-state index in [1.807, 2.05) is 0 Å². The fourth-order valence-corrected chi connectivity index (χ4v) is 3.73. The molecule has 2 heterocycles. The van der Waals surface area contributed by atoms with Crippen LogP contribution in [0.3, 0.4) is 0 Å². The second kappa shape index (κ2) is 8.57. The summed E-state index contributed by atoms with van der Waals surface area (Å²) in [7, 11) is 1.22. The second-order valence-electron chi connectivity index (χ2n) is 7.77. The highest BCUT2D eigenvalue weighted by atomic mass is 16.7. The lowest BCUT2D eigenvalue weighted by molar-refractivity contribution is -0.268. The van der Waals surface area contributed by atoms with Gasteiger partial charge in [0.1, 0.15) is 40.8 Å². The van der Waals surface area contributed by atoms with Crippen molar-refractivity contribution >= 4 is 11.0 Å². The molecule has 1 aromatic heterocycles. The van der Waals surface area contributed by atoms with Crippen LogP contribution < -0.4 is 14.9 Å². The standard InChI is InChI=1S/C22H22O12/c1-7-15(27)17(29)18(30)22(32-7)34-21-16(28)14-10(24)5-9(23)6-13(14)33-19(21)8-3-11(25)20(31-2)12(26)4-8/h3-7,15,17-18,22-27,29-30H,1-2H3/t7-,15+,17+,18+,22+/m1/s1. The minimum Gasteiger partial charge on any atom is -0.508 e. The molecular weight excluding hydrogens is 456 g/mol. The van der Waals surface area contributed by atoms with E-state index in [0.717, 1.165) is 24.3 Å². The van der Waals surface area contributed by atoms with Crippen molar-refractivity contribution in [1.82, 2.24) is 0 Å². The molecule has 5 atom stereocenters. The van der Waals surface area contributed by atoms with Gasteiger partial charge in [0, 0.05) is 17.7 Å². The lowest BCUT2D eigenvalue weighted by Crippen LogP contribution is -2.58. The van der Waals surface area contributed by atoms with Gasteiger partial charge in [0.25, 0.3) is 0 Å². The molecule has 0 spiro atoms. The maximum atomic E-state index is 13.3. The predicted molar refractivity (Wildman–Crippen MR) is 114 cm³/mol. The number of ether oxygens (including phenoxy) is 3. The van der Waals surface area contributed by atoms with Crippen molar-refractivity contribution in [2.45, 2.75) is 37.6 Å². The summed E-state index contributed by atoms with van der Waals surface area (Å²) < 4.78 is 21.6. The van der Waals surface area contributed by atoms with Crippen molar-refractivity contribution in [2.24, 2.45) is 0 Å². The van der Waals surface area contributed by atoms with E-state index in [9.17, 15) is 40.5 Å². The molecule has 0 bridgehead atoms. The van der Waals surface area contributed by atoms with Crippen LogP contribution in [0, 0.1) is 0 Å². The van der Waals surface area contributed by atoms with Crippen LogP contribution in [0.5, 0.6) is 34.5 Å². The number of hydrogen-bond donors (Lipinski definition) is 7. The van der Waals surface area contributed by atoms with E-state index in [1.165, 1.54) is 14.0 Å². The zero-order valence-electron chi connectivity index (χ0n) is 17.9. The Labute approximate surface area is 191 Å². The van der Waals surface area contributed by atoms with E-state index in [1.54, 1.807) is 0 Å². The van der Waals surface area contributed by atoms with Gasteiger partial charge in [-0.25, -0.2) is 0 Å². The van der Waals surface area contributed by atoms with Crippen LogP contribution in [0.1, 0.15) is 6.92 Å². The Bertz CT molecular complexity index is 1280. The Balaban J connectivity index is 1.94. The Kier molecular flexibility index (Phi) is 5.91. The predicted octanol–water partition coefficient (Wildman–Crippen LogP) is 0.497. The molecule has 0 aliphatic carbocycles. The van der Waals surface area contributed by atoms with E-state index in [4.69, 9.17) is 18.6 Å². The fraction of sp³-hybridized carbons (Fsp3) is 0.318. The van der Waals surface area contributed by atoms with Crippen molar-refractivity contribution in [3.63, 3.8) is 0 Å². The summed E-state index contributed by atoms with van der Waals surface area (Å²) in [6.07, 6.45) is -7.50. The van der Waals surface area contributed by atoms with E-state index in [-0.39, 0.29) is 28.0 Å². The molecule has 0 saturated carbocycles. The van der Waals surface area contributed by atoms with Crippen LogP contribution in [-0.4, -0.2) is 73.6 Å². The molecule has 0 radical (unpaired) electrons. The summed E-state index contributed by atoms with van der Waals surface area (Å²) in [5.74, 6) is -3.30. The Morgan fingerprint density at radius 1 is 0.853 bits per heavy atom. The minimum absolute atomic E-state index is 0.0773. The van der Waals surface area contributed by atoms with Gasteiger partial charge in [-0.3, -0.25) is 4.79 Å². The fourth-order valence-electron chi connectivity index (χ4n) is 3.73. The number of phenolic OH excluding ortho intramolecular Hbond substituents is 4. The zero-order valence-corrected chi connectivity index (χ0v) is 17.9. The number of methoxy groups -OCH3 is 1. The lowest BCUT2D eigenvalue weighted by Gasteiger charge is -2.38. The van der Waals surface area contributed by atoms with Gasteiger partial charge in [0.05, 0.1) is 13.2 Å². The zero-order chi connectivity index (χ0) is 24.9. The van der Waals surface area contributed by atoms with E-state index in [2.05, 4.69) is 0 Å². The third kappa shape index (κ3) is 3.82. The van der Waals surface area contributed by atoms with Gasteiger partial charge < -0.3 is 54.4 Å². The van der Waals surface area contributed by atoms with Crippen molar-refractivity contribution in [1.29, 1.82) is 0 Å². The molecule has 1 saturated heterocycles. The first-order valence-corrected chi connectivity index (χ1v) is 10.0. The first kappa shape index (κ1) is 23.4. The molecule has 12 heteroatoms. The average molecular weight is 478 g/mol. The van der Waals surface area contributed by atoms with Gasteiger partial charge in [0.15, 0.2) is 17.3 Å². The molecule has 0 amide bonds. The molecular formula is C22H22O12. The number of aromatic hydroxyl groups is 4. The van der Waals surface area contributed by atoms with Gasteiger partial charge in [-0.2, -0.15) is 0 Å². The summed E-state index contributed by atoms with van der Waals surface area (Å²) in [4.78, 5) is 13.3. The minimum atomic E-state index is -1.78. The lowest BCUT2D eigenvalue weighted by atomic mass is 10.00. The Hall–Kier alpha value is -3.71. The highest BCUT2D eigenvalue weighted by Gasteiger charge is 2.44. The summed E-state index contributed by atoms with van der Waals surface area (Å²) in [5.41, 5.74) is -1.28. The third-order valence-electron chi connectivity index (χ3n) is 5.48. The molecule has 3 aromatic rings. The van der Waals surface area contributed by atoms with E-state index >= 15 is 0 Å².